The van der Waals surface area contributed by atoms with Gasteiger partial charge in [0.15, 0.2) is 0 Å². The molecule has 3 rings (SSSR count). The second kappa shape index (κ2) is 9.05. The number of hydrogen-bond donors (Lipinski definition) is 1. The van der Waals surface area contributed by atoms with Gasteiger partial charge < -0.3 is 9.47 Å². The van der Waals surface area contributed by atoms with E-state index < -0.39 is 5.97 Å². The first-order chi connectivity index (χ1) is 14.0. The number of para-hydroxylation sites is 1. The second-order valence-electron chi connectivity index (χ2n) is 6.32. The largest absolute Gasteiger partial charge is 0.494 e. The predicted molar refractivity (Wildman–Crippen MR) is 112 cm³/mol. The van der Waals surface area contributed by atoms with Gasteiger partial charge in [0.2, 0.25) is 0 Å². The third-order valence-corrected chi connectivity index (χ3v) is 4.34. The van der Waals surface area contributed by atoms with Gasteiger partial charge >= 0.3 is 5.97 Å². The van der Waals surface area contributed by atoms with E-state index in [2.05, 4.69) is 10.1 Å². The lowest BCUT2D eigenvalue weighted by atomic mass is 10.1. The number of benzene rings is 2. The van der Waals surface area contributed by atoms with Crippen LogP contribution in [0.25, 0.3) is 5.69 Å². The molecule has 0 atom stereocenters. The SMILES string of the molecule is CCOc1ccc(N=C(C)c2c(CC(=O)OC)[nH]n(-c3ccccc3)c2=O)cc1. The molecule has 1 aromatic heterocycles. The summed E-state index contributed by atoms with van der Waals surface area (Å²) in [7, 11) is 1.31. The van der Waals surface area contributed by atoms with E-state index in [4.69, 9.17) is 9.47 Å². The fraction of sp³-hybridized carbons (Fsp3) is 0.227. The van der Waals surface area contributed by atoms with E-state index in [-0.39, 0.29) is 12.0 Å². The highest BCUT2D eigenvalue weighted by Gasteiger charge is 2.20. The normalized spacial score (nSPS) is 11.3. The zero-order valence-electron chi connectivity index (χ0n) is 16.6. The number of carbonyl (C=O) groups is 1. The number of aromatic nitrogens is 2. The lowest BCUT2D eigenvalue weighted by Gasteiger charge is -2.04. The van der Waals surface area contributed by atoms with Crippen LogP contribution in [0, 0.1) is 0 Å². The summed E-state index contributed by atoms with van der Waals surface area (Å²) in [5, 5.41) is 3.03. The summed E-state index contributed by atoms with van der Waals surface area (Å²) in [6, 6.07) is 16.4. The van der Waals surface area contributed by atoms with Crippen LogP contribution >= 0.6 is 0 Å². The molecule has 2 aromatic carbocycles. The van der Waals surface area contributed by atoms with Crippen LogP contribution in [-0.2, 0) is 16.0 Å². The molecular weight excluding hydrogens is 370 g/mol. The molecular formula is C22H23N3O4. The summed E-state index contributed by atoms with van der Waals surface area (Å²) in [5.41, 5.74) is 2.39. The summed E-state index contributed by atoms with van der Waals surface area (Å²) in [5.74, 6) is 0.310. The molecule has 1 N–H and O–H groups in total. The van der Waals surface area contributed by atoms with E-state index in [1.807, 2.05) is 61.5 Å². The standard InChI is InChI=1S/C22H23N3O4/c1-4-29-18-12-10-16(11-13-18)23-15(2)21-19(14-20(26)28-3)24-25(22(21)27)17-8-6-5-7-9-17/h5-13,24H,4,14H2,1-3H3. The van der Waals surface area contributed by atoms with Crippen LogP contribution in [0.3, 0.4) is 0 Å². The van der Waals surface area contributed by atoms with Crippen LogP contribution in [0.5, 0.6) is 5.75 Å². The molecule has 0 aliphatic rings. The highest BCUT2D eigenvalue weighted by molar-refractivity contribution is 6.01. The molecule has 0 spiro atoms. The number of nitrogens with one attached hydrogen (secondary N) is 1. The Kier molecular flexibility index (Phi) is 6.29. The molecule has 0 unspecified atom stereocenters. The number of rotatable bonds is 7. The Morgan fingerprint density at radius 3 is 2.41 bits per heavy atom. The third kappa shape index (κ3) is 4.63. The van der Waals surface area contributed by atoms with Gasteiger partial charge in [0.25, 0.3) is 5.56 Å². The highest BCUT2D eigenvalue weighted by Crippen LogP contribution is 2.20. The first kappa shape index (κ1) is 20.1. The molecule has 7 heteroatoms. The zero-order chi connectivity index (χ0) is 20.8. The van der Waals surface area contributed by atoms with Crippen molar-refractivity contribution in [2.75, 3.05) is 13.7 Å². The van der Waals surface area contributed by atoms with Crippen molar-refractivity contribution in [3.05, 3.63) is 76.2 Å². The summed E-state index contributed by atoms with van der Waals surface area (Å²) in [6.07, 6.45) is -0.0585. The van der Waals surface area contributed by atoms with Gasteiger partial charge in [0, 0.05) is 0 Å². The van der Waals surface area contributed by atoms with Gasteiger partial charge in [-0.2, -0.15) is 0 Å². The Morgan fingerprint density at radius 1 is 1.10 bits per heavy atom. The van der Waals surface area contributed by atoms with Crippen molar-refractivity contribution in [1.82, 2.24) is 9.78 Å². The Bertz CT molecular complexity index is 1060. The van der Waals surface area contributed by atoms with Crippen LogP contribution in [0.2, 0.25) is 0 Å². The molecule has 0 saturated carbocycles. The minimum Gasteiger partial charge on any atom is -0.494 e. The number of hydrogen-bond acceptors (Lipinski definition) is 5. The fourth-order valence-corrected chi connectivity index (χ4v) is 2.99. The van der Waals surface area contributed by atoms with Crippen molar-refractivity contribution in [2.24, 2.45) is 4.99 Å². The van der Waals surface area contributed by atoms with Gasteiger partial charge in [0.05, 0.1) is 48.5 Å². The molecule has 7 nitrogen and oxygen atoms in total. The minimum atomic E-state index is -0.443. The number of carbonyl (C=O) groups excluding carboxylic acids is 1. The average molecular weight is 393 g/mol. The van der Waals surface area contributed by atoms with Crippen LogP contribution < -0.4 is 10.3 Å². The topological polar surface area (TPSA) is 85.7 Å². The van der Waals surface area contributed by atoms with Gasteiger partial charge in [-0.3, -0.25) is 19.7 Å². The first-order valence-corrected chi connectivity index (χ1v) is 9.28. The maximum absolute atomic E-state index is 13.1. The maximum atomic E-state index is 13.1. The molecule has 0 radical (unpaired) electrons. The Balaban J connectivity index is 2.04. The molecule has 29 heavy (non-hydrogen) atoms. The molecule has 0 fully saturated rings. The van der Waals surface area contributed by atoms with Gasteiger partial charge in [-0.15, -0.1) is 0 Å². The van der Waals surface area contributed by atoms with Crippen LogP contribution in [0.1, 0.15) is 25.1 Å². The molecule has 1 heterocycles. The maximum Gasteiger partial charge on any atom is 0.311 e. The Labute approximate surface area is 168 Å². The van der Waals surface area contributed by atoms with E-state index >= 15 is 0 Å². The van der Waals surface area contributed by atoms with Crippen molar-refractivity contribution < 1.29 is 14.3 Å². The second-order valence-corrected chi connectivity index (χ2v) is 6.32. The predicted octanol–water partition coefficient (Wildman–Crippen LogP) is 3.42. The quantitative estimate of drug-likeness (QED) is 0.492. The van der Waals surface area contributed by atoms with Crippen LogP contribution in [-0.4, -0.2) is 35.2 Å². The van der Waals surface area contributed by atoms with Crippen molar-refractivity contribution in [3.63, 3.8) is 0 Å². The molecule has 150 valence electrons. The Hall–Kier alpha value is -3.61. The fourth-order valence-electron chi connectivity index (χ4n) is 2.99. The lowest BCUT2D eigenvalue weighted by Crippen LogP contribution is -2.20. The van der Waals surface area contributed by atoms with Gasteiger partial charge in [-0.25, -0.2) is 4.68 Å². The minimum absolute atomic E-state index is 0.0585. The molecule has 0 bridgehead atoms. The van der Waals surface area contributed by atoms with Crippen molar-refractivity contribution in [2.45, 2.75) is 20.3 Å². The van der Waals surface area contributed by atoms with Crippen molar-refractivity contribution in [3.8, 4) is 11.4 Å². The van der Waals surface area contributed by atoms with Crippen molar-refractivity contribution >= 4 is 17.4 Å². The number of H-pyrrole nitrogens is 1. The van der Waals surface area contributed by atoms with Gasteiger partial charge in [0.1, 0.15) is 5.75 Å². The van der Waals surface area contributed by atoms with Crippen LogP contribution in [0.4, 0.5) is 5.69 Å². The number of ether oxygens (including phenoxy) is 2. The zero-order valence-corrected chi connectivity index (χ0v) is 16.6. The summed E-state index contributed by atoms with van der Waals surface area (Å²) >= 11 is 0. The molecule has 3 aromatic rings. The summed E-state index contributed by atoms with van der Waals surface area (Å²) in [6.45, 7) is 4.25. The number of aliphatic imine (C=N–C) groups is 1. The average Bonchev–Trinajstić information content (AvgIpc) is 3.06. The van der Waals surface area contributed by atoms with Gasteiger partial charge in [-0.05, 0) is 50.2 Å². The van der Waals surface area contributed by atoms with Crippen molar-refractivity contribution in [1.29, 1.82) is 0 Å². The van der Waals surface area contributed by atoms with E-state index in [0.717, 1.165) is 5.75 Å². The van der Waals surface area contributed by atoms with E-state index in [9.17, 15) is 9.59 Å². The molecule has 0 saturated heterocycles. The van der Waals surface area contributed by atoms with E-state index in [1.54, 1.807) is 6.92 Å². The number of nitrogens with zero attached hydrogens (tertiary/aromatic N) is 2. The van der Waals surface area contributed by atoms with E-state index in [1.165, 1.54) is 11.8 Å². The first-order valence-electron chi connectivity index (χ1n) is 9.28. The third-order valence-electron chi connectivity index (χ3n) is 4.34. The Morgan fingerprint density at radius 2 is 1.79 bits per heavy atom. The monoisotopic (exact) mass is 393 g/mol. The van der Waals surface area contributed by atoms with Gasteiger partial charge in [-0.1, -0.05) is 18.2 Å². The highest BCUT2D eigenvalue weighted by atomic mass is 16.5. The van der Waals surface area contributed by atoms with Crippen LogP contribution in [0.15, 0.2) is 64.4 Å². The van der Waals surface area contributed by atoms with E-state index in [0.29, 0.717) is 35.0 Å². The molecule has 0 aliphatic carbocycles. The number of methoxy groups -OCH3 is 1. The summed E-state index contributed by atoms with van der Waals surface area (Å²) < 4.78 is 11.6. The molecule has 0 aliphatic heterocycles. The lowest BCUT2D eigenvalue weighted by molar-refractivity contribution is -0.139. The number of aromatic amines is 1. The summed E-state index contributed by atoms with van der Waals surface area (Å²) in [4.78, 5) is 29.5. The smallest absolute Gasteiger partial charge is 0.311 e. The molecule has 0 amide bonds. The number of esters is 1.